The van der Waals surface area contributed by atoms with E-state index in [9.17, 15) is 55.2 Å². The number of hydrogen-bond acceptors (Lipinski definition) is 11. The van der Waals surface area contributed by atoms with E-state index >= 15 is 0 Å². The van der Waals surface area contributed by atoms with Gasteiger partial charge >= 0.3 is 17.9 Å². The maximum Gasteiger partial charge on any atom is 0.363 e. The second-order valence-electron chi connectivity index (χ2n) is 9.50. The summed E-state index contributed by atoms with van der Waals surface area (Å²) in [4.78, 5) is 35.3. The molecule has 0 radical (unpaired) electrons. The molecule has 3 heterocycles. The van der Waals surface area contributed by atoms with Gasteiger partial charge in [0.05, 0.1) is 6.61 Å². The summed E-state index contributed by atoms with van der Waals surface area (Å²) in [6, 6.07) is 0.454. The minimum atomic E-state index is -1.72. The molecule has 15 nitrogen and oxygen atoms in total. The van der Waals surface area contributed by atoms with Crippen LogP contribution in [0.5, 0.6) is 11.5 Å². The number of allylic oxidation sites excluding steroid dienone is 1. The molecule has 0 saturated carbocycles. The fourth-order valence-electron chi connectivity index (χ4n) is 4.90. The highest BCUT2D eigenvalue weighted by atomic mass is 16.7. The quantitative estimate of drug-likeness (QED) is 0.150. The van der Waals surface area contributed by atoms with Gasteiger partial charge < -0.3 is 55.6 Å². The highest BCUT2D eigenvalue weighted by molar-refractivity contribution is 5.89. The lowest BCUT2D eigenvalue weighted by Gasteiger charge is -2.39. The standard InChI is InChI=1S/C24H28N2O13/c27-8-17-18(29)19(30)20(31)24(39-17)38-16-6-10-5-14(23(36)37)26(13(10)7-15(16)28)2-1-9-3-11(21(32)33)25-12(4-9)22(34)35/h1,3,6-7,12,14,17-20,24-25,27-31H,2,4-5,8H2,(H,32,33)(H,34,35)(H,36,37)/p+1. The van der Waals surface area contributed by atoms with Gasteiger partial charge in [0.1, 0.15) is 48.4 Å². The molecule has 8 atom stereocenters. The summed E-state index contributed by atoms with van der Waals surface area (Å²) in [5, 5.41) is 81.0. The third-order valence-electron chi connectivity index (χ3n) is 6.98. The van der Waals surface area contributed by atoms with Gasteiger partial charge in [0.2, 0.25) is 6.29 Å². The molecule has 1 saturated heterocycles. The van der Waals surface area contributed by atoms with Crippen LogP contribution < -0.4 is 15.0 Å². The van der Waals surface area contributed by atoms with Crippen molar-refractivity contribution in [3.63, 3.8) is 0 Å². The Morgan fingerprint density at radius 3 is 2.38 bits per heavy atom. The number of hydrogen-bond donors (Lipinski definition) is 10. The third kappa shape index (κ3) is 5.68. The van der Waals surface area contributed by atoms with Crippen molar-refractivity contribution < 1.29 is 69.6 Å². The van der Waals surface area contributed by atoms with Crippen LogP contribution in [0.3, 0.4) is 0 Å². The molecule has 39 heavy (non-hydrogen) atoms. The van der Waals surface area contributed by atoms with Crippen molar-refractivity contribution in [2.45, 2.75) is 55.6 Å². The van der Waals surface area contributed by atoms with Crippen molar-refractivity contribution in [2.75, 3.05) is 13.2 Å². The Morgan fingerprint density at radius 1 is 1.05 bits per heavy atom. The van der Waals surface area contributed by atoms with Crippen LogP contribution >= 0.6 is 0 Å². The third-order valence-corrected chi connectivity index (χ3v) is 6.98. The Hall–Kier alpha value is -3.73. The molecule has 1 fully saturated rings. The van der Waals surface area contributed by atoms with E-state index in [4.69, 9.17) is 9.47 Å². The van der Waals surface area contributed by atoms with E-state index in [1.165, 1.54) is 18.2 Å². The Balaban J connectivity index is 1.59. The largest absolute Gasteiger partial charge is 0.504 e. The first-order valence-electron chi connectivity index (χ1n) is 12.0. The number of rotatable bonds is 8. The van der Waals surface area contributed by atoms with Gasteiger partial charge in [0, 0.05) is 24.5 Å². The molecule has 0 spiro atoms. The second-order valence-corrected chi connectivity index (χ2v) is 9.50. The highest BCUT2D eigenvalue weighted by Gasteiger charge is 2.46. The first-order valence-corrected chi connectivity index (χ1v) is 12.0. The Bertz CT molecular complexity index is 1210. The second kappa shape index (κ2) is 11.2. The number of aliphatic carboxylic acids is 3. The van der Waals surface area contributed by atoms with Gasteiger partial charge in [-0.2, -0.15) is 0 Å². The van der Waals surface area contributed by atoms with E-state index in [1.807, 2.05) is 0 Å². The molecule has 0 bridgehead atoms. The number of aliphatic hydroxyl groups excluding tert-OH is 4. The molecule has 212 valence electrons. The number of nitrogens with one attached hydrogen (secondary N) is 2. The molecule has 15 heteroatoms. The molecule has 8 unspecified atom stereocenters. The van der Waals surface area contributed by atoms with Crippen LogP contribution in [0.25, 0.3) is 0 Å². The zero-order valence-electron chi connectivity index (χ0n) is 20.3. The molecule has 0 amide bonds. The van der Waals surface area contributed by atoms with Crippen molar-refractivity contribution in [3.8, 4) is 11.5 Å². The summed E-state index contributed by atoms with van der Waals surface area (Å²) >= 11 is 0. The first-order chi connectivity index (χ1) is 18.4. The predicted molar refractivity (Wildman–Crippen MR) is 126 cm³/mol. The topological polar surface area (TPSA) is 248 Å². The SMILES string of the molecule is O=C(O)C1=CC(=CC[NH+]2c3cc(O)c(OC4OC(CO)C(O)C(O)C4O)cc3CC2C(=O)O)CC(C(=O)O)N1. The van der Waals surface area contributed by atoms with E-state index in [2.05, 4.69) is 5.32 Å². The summed E-state index contributed by atoms with van der Waals surface area (Å²) in [6.07, 6.45) is -5.00. The minimum Gasteiger partial charge on any atom is -0.504 e. The van der Waals surface area contributed by atoms with E-state index in [1.54, 1.807) is 6.08 Å². The van der Waals surface area contributed by atoms with Crippen molar-refractivity contribution in [3.05, 3.63) is 41.1 Å². The molecule has 1 aromatic carbocycles. The number of carbonyl (C=O) groups is 3. The van der Waals surface area contributed by atoms with E-state index in [-0.39, 0.29) is 30.8 Å². The maximum absolute atomic E-state index is 12.0. The number of phenols is 1. The van der Waals surface area contributed by atoms with Crippen LogP contribution in [0, 0.1) is 0 Å². The number of carboxylic acid groups (broad SMARTS) is 3. The summed E-state index contributed by atoms with van der Waals surface area (Å²) in [5.41, 5.74) is 0.960. The minimum absolute atomic E-state index is 0.0179. The predicted octanol–water partition coefficient (Wildman–Crippen LogP) is -3.56. The van der Waals surface area contributed by atoms with Gasteiger partial charge in [-0.25, -0.2) is 14.4 Å². The van der Waals surface area contributed by atoms with Gasteiger partial charge in [-0.05, 0) is 23.8 Å². The van der Waals surface area contributed by atoms with Crippen molar-refractivity contribution >= 4 is 23.6 Å². The molecular weight excluding hydrogens is 524 g/mol. The number of aromatic hydroxyl groups is 1. The zero-order chi connectivity index (χ0) is 28.6. The van der Waals surface area contributed by atoms with Crippen molar-refractivity contribution in [1.82, 2.24) is 5.32 Å². The fraction of sp³-hybridized carbons (Fsp3) is 0.458. The van der Waals surface area contributed by atoms with E-state index in [0.29, 0.717) is 21.7 Å². The van der Waals surface area contributed by atoms with Crippen molar-refractivity contribution in [2.24, 2.45) is 0 Å². The lowest BCUT2D eigenvalue weighted by Crippen LogP contribution is -3.11. The maximum atomic E-state index is 12.0. The van der Waals surface area contributed by atoms with Gasteiger partial charge in [-0.15, -0.1) is 0 Å². The summed E-state index contributed by atoms with van der Waals surface area (Å²) in [6.45, 7) is -0.650. The molecule has 0 aromatic heterocycles. The highest BCUT2D eigenvalue weighted by Crippen LogP contribution is 2.36. The summed E-state index contributed by atoms with van der Waals surface area (Å²) in [7, 11) is 0. The summed E-state index contributed by atoms with van der Waals surface area (Å²) in [5.74, 6) is -4.37. The van der Waals surface area contributed by atoms with Gasteiger partial charge in [0.15, 0.2) is 17.5 Å². The van der Waals surface area contributed by atoms with Crippen LogP contribution in [0.15, 0.2) is 35.6 Å². The average Bonchev–Trinajstić information content (AvgIpc) is 3.24. The number of benzene rings is 1. The lowest BCUT2D eigenvalue weighted by molar-refractivity contribution is -0.838. The monoisotopic (exact) mass is 553 g/mol. The van der Waals surface area contributed by atoms with E-state index in [0.717, 1.165) is 0 Å². The smallest absolute Gasteiger partial charge is 0.363 e. The Labute approximate surface area is 220 Å². The molecule has 3 aliphatic rings. The normalized spacial score (nSPS) is 33.1. The lowest BCUT2D eigenvalue weighted by atomic mass is 9.99. The van der Waals surface area contributed by atoms with Crippen molar-refractivity contribution in [1.29, 1.82) is 0 Å². The molecule has 1 aromatic rings. The molecule has 4 rings (SSSR count). The van der Waals surface area contributed by atoms with Crippen LogP contribution in [-0.2, 0) is 25.5 Å². The van der Waals surface area contributed by atoms with Crippen LogP contribution in [-0.4, -0.2) is 115 Å². The number of phenolic OH excluding ortho intramolecular Hbond substituents is 1. The number of carboxylic acids is 3. The van der Waals surface area contributed by atoms with Crippen LogP contribution in [0.2, 0.25) is 0 Å². The Morgan fingerprint density at radius 2 is 1.77 bits per heavy atom. The van der Waals surface area contributed by atoms with Crippen LogP contribution in [0.4, 0.5) is 5.69 Å². The van der Waals surface area contributed by atoms with Gasteiger partial charge in [-0.1, -0.05) is 0 Å². The molecule has 10 N–H and O–H groups in total. The van der Waals surface area contributed by atoms with E-state index < -0.39 is 73.1 Å². The number of fused-ring (bicyclic) bond motifs is 1. The zero-order valence-corrected chi connectivity index (χ0v) is 20.3. The van der Waals surface area contributed by atoms with Gasteiger partial charge in [0.25, 0.3) is 0 Å². The number of quaternary nitrogens is 1. The number of ether oxygens (including phenoxy) is 2. The number of aliphatic hydroxyl groups is 4. The average molecular weight is 553 g/mol. The fourth-order valence-corrected chi connectivity index (χ4v) is 4.90. The van der Waals surface area contributed by atoms with Gasteiger partial charge in [-0.3, -0.25) is 4.90 Å². The molecule has 0 aliphatic carbocycles. The Kier molecular flexibility index (Phi) is 8.10. The molecule has 3 aliphatic heterocycles. The van der Waals surface area contributed by atoms with Crippen LogP contribution in [0.1, 0.15) is 12.0 Å². The first kappa shape index (κ1) is 28.3. The molecular formula is C24H29N2O13+. The summed E-state index contributed by atoms with van der Waals surface area (Å²) < 4.78 is 10.8.